The fourth-order valence-corrected chi connectivity index (χ4v) is 2.09. The van der Waals surface area contributed by atoms with Crippen molar-refractivity contribution in [1.29, 1.82) is 0 Å². The Labute approximate surface area is 124 Å². The van der Waals surface area contributed by atoms with Crippen LogP contribution in [0.5, 0.6) is 0 Å². The molecule has 1 rings (SSSR count). The van der Waals surface area contributed by atoms with Gasteiger partial charge in [0.05, 0.1) is 5.54 Å². The highest BCUT2D eigenvalue weighted by Gasteiger charge is 2.22. The summed E-state index contributed by atoms with van der Waals surface area (Å²) in [6.07, 6.45) is 0.498. The predicted octanol–water partition coefficient (Wildman–Crippen LogP) is 3.19. The van der Waals surface area contributed by atoms with Crippen LogP contribution in [0, 0.1) is 0 Å². The van der Waals surface area contributed by atoms with Crippen molar-refractivity contribution in [3.05, 3.63) is 34.3 Å². The first-order chi connectivity index (χ1) is 8.81. The van der Waals surface area contributed by atoms with Crippen molar-refractivity contribution in [3.63, 3.8) is 0 Å². The molecule has 1 aromatic carbocycles. The Balaban J connectivity index is 2.54. The van der Waals surface area contributed by atoms with Crippen LogP contribution in [0.15, 0.2) is 28.7 Å². The summed E-state index contributed by atoms with van der Waals surface area (Å²) < 4.78 is 1.04. The Morgan fingerprint density at radius 1 is 1.26 bits per heavy atom. The maximum absolute atomic E-state index is 11.9. The number of hydrogen-bond acceptors (Lipinski definition) is 2. The average molecular weight is 327 g/mol. The lowest BCUT2D eigenvalue weighted by Crippen LogP contribution is -2.42. The zero-order valence-electron chi connectivity index (χ0n) is 12.1. The normalized spacial score (nSPS) is 11.7. The predicted molar refractivity (Wildman–Crippen MR) is 83.1 cm³/mol. The van der Waals surface area contributed by atoms with Crippen molar-refractivity contribution < 1.29 is 4.79 Å². The van der Waals surface area contributed by atoms with Gasteiger partial charge in [0.25, 0.3) is 0 Å². The minimum Gasteiger partial charge on any atom is -0.347 e. The molecule has 0 unspecified atom stereocenters. The van der Waals surface area contributed by atoms with Crippen LogP contribution in [-0.2, 0) is 10.3 Å². The number of benzene rings is 1. The summed E-state index contributed by atoms with van der Waals surface area (Å²) >= 11 is 3.42. The molecule has 0 saturated carbocycles. The van der Waals surface area contributed by atoms with Crippen molar-refractivity contribution >= 4 is 21.8 Å². The van der Waals surface area contributed by atoms with E-state index in [0.717, 1.165) is 10.0 Å². The second-order valence-electron chi connectivity index (χ2n) is 5.54. The van der Waals surface area contributed by atoms with Gasteiger partial charge in [-0.2, -0.15) is 0 Å². The van der Waals surface area contributed by atoms with Crippen LogP contribution in [0.1, 0.15) is 39.7 Å². The van der Waals surface area contributed by atoms with E-state index in [9.17, 15) is 4.79 Å². The molecule has 0 spiro atoms. The van der Waals surface area contributed by atoms with E-state index in [1.54, 1.807) is 0 Å². The quantitative estimate of drug-likeness (QED) is 0.842. The zero-order valence-corrected chi connectivity index (χ0v) is 13.7. The molecule has 0 heterocycles. The van der Waals surface area contributed by atoms with E-state index in [4.69, 9.17) is 0 Å². The van der Waals surface area contributed by atoms with E-state index >= 15 is 0 Å². The maximum Gasteiger partial charge on any atom is 0.221 e. The first-order valence-corrected chi connectivity index (χ1v) is 7.41. The largest absolute Gasteiger partial charge is 0.347 e. The number of carbonyl (C=O) groups excluding carboxylic acids is 1. The first kappa shape index (κ1) is 16.2. The van der Waals surface area contributed by atoms with Crippen molar-refractivity contribution in [2.24, 2.45) is 0 Å². The highest BCUT2D eigenvalue weighted by molar-refractivity contribution is 9.10. The fourth-order valence-electron chi connectivity index (χ4n) is 1.82. The van der Waals surface area contributed by atoms with Crippen molar-refractivity contribution in [3.8, 4) is 0 Å². The number of nitrogens with one attached hydrogen (secondary N) is 2. The van der Waals surface area contributed by atoms with Gasteiger partial charge in [0.2, 0.25) is 5.91 Å². The van der Waals surface area contributed by atoms with Gasteiger partial charge in [0, 0.05) is 23.5 Å². The molecule has 2 N–H and O–H groups in total. The molecule has 0 aliphatic heterocycles. The van der Waals surface area contributed by atoms with E-state index in [2.05, 4.69) is 40.4 Å². The molecule has 0 fully saturated rings. The summed E-state index contributed by atoms with van der Waals surface area (Å²) in [6, 6.07) is 8.44. The number of hydrogen-bond donors (Lipinski definition) is 2. The monoisotopic (exact) mass is 326 g/mol. The van der Waals surface area contributed by atoms with E-state index in [0.29, 0.717) is 19.0 Å². The molecule has 3 nitrogen and oxygen atoms in total. The molecule has 0 radical (unpaired) electrons. The molecule has 106 valence electrons. The first-order valence-electron chi connectivity index (χ1n) is 6.61. The number of halogens is 1. The topological polar surface area (TPSA) is 41.1 Å². The van der Waals surface area contributed by atoms with Crippen LogP contribution < -0.4 is 10.6 Å². The summed E-state index contributed by atoms with van der Waals surface area (Å²) in [5.41, 5.74) is 0.746. The molecule has 0 aromatic heterocycles. The van der Waals surface area contributed by atoms with Crippen molar-refractivity contribution in [2.45, 2.75) is 45.7 Å². The number of amides is 1. The molecule has 0 atom stereocenters. The van der Waals surface area contributed by atoms with Gasteiger partial charge in [-0.1, -0.05) is 41.9 Å². The molecule has 0 aliphatic carbocycles. The van der Waals surface area contributed by atoms with E-state index < -0.39 is 0 Å². The van der Waals surface area contributed by atoms with E-state index in [1.807, 2.05) is 38.1 Å². The van der Waals surface area contributed by atoms with Gasteiger partial charge in [-0.25, -0.2) is 0 Å². The molecule has 0 bridgehead atoms. The zero-order chi connectivity index (χ0) is 14.5. The van der Waals surface area contributed by atoms with Gasteiger partial charge in [0.15, 0.2) is 0 Å². The van der Waals surface area contributed by atoms with Crippen LogP contribution in [0.4, 0.5) is 0 Å². The molecule has 1 amide bonds. The summed E-state index contributed by atoms with van der Waals surface area (Å²) in [7, 11) is 0. The Bertz CT molecular complexity index is 413. The Hall–Kier alpha value is -0.870. The third kappa shape index (κ3) is 5.74. The minimum atomic E-state index is -0.352. The van der Waals surface area contributed by atoms with Gasteiger partial charge in [-0.15, -0.1) is 0 Å². The Morgan fingerprint density at radius 2 is 1.84 bits per heavy atom. The fraction of sp³-hybridized carbons (Fsp3) is 0.533. The summed E-state index contributed by atoms with van der Waals surface area (Å²) in [4.78, 5) is 11.9. The summed E-state index contributed by atoms with van der Waals surface area (Å²) in [5, 5.41) is 6.31. The van der Waals surface area contributed by atoms with Gasteiger partial charge >= 0.3 is 0 Å². The third-order valence-electron chi connectivity index (χ3n) is 2.92. The highest BCUT2D eigenvalue weighted by Crippen LogP contribution is 2.22. The lowest BCUT2D eigenvalue weighted by molar-refractivity contribution is -0.122. The molecular weight excluding hydrogens is 304 g/mol. The molecule has 0 saturated heterocycles. The molecule has 4 heteroatoms. The number of rotatable bonds is 6. The van der Waals surface area contributed by atoms with Crippen molar-refractivity contribution in [2.75, 3.05) is 6.54 Å². The lowest BCUT2D eigenvalue weighted by Gasteiger charge is -2.27. The van der Waals surface area contributed by atoms with Gasteiger partial charge in [-0.05, 0) is 31.5 Å². The van der Waals surface area contributed by atoms with Gasteiger partial charge < -0.3 is 10.6 Å². The van der Waals surface area contributed by atoms with Crippen LogP contribution in [0.25, 0.3) is 0 Å². The molecule has 19 heavy (non-hydrogen) atoms. The second-order valence-corrected chi connectivity index (χ2v) is 6.45. The average Bonchev–Trinajstić information content (AvgIpc) is 2.28. The third-order valence-corrected chi connectivity index (χ3v) is 3.45. The molecular formula is C15H23BrN2O. The molecule has 0 aliphatic rings. The Morgan fingerprint density at radius 3 is 2.37 bits per heavy atom. The number of carbonyl (C=O) groups is 1. The maximum atomic E-state index is 11.9. The standard InChI is InChI=1S/C15H23BrN2O/c1-11(2)17-10-9-14(19)18-15(3,4)12-5-7-13(16)8-6-12/h5-8,11,17H,9-10H2,1-4H3,(H,18,19). The minimum absolute atomic E-state index is 0.0704. The van der Waals surface area contributed by atoms with Crippen LogP contribution in [-0.4, -0.2) is 18.5 Å². The Kier molecular flexibility index (Phi) is 6.01. The van der Waals surface area contributed by atoms with Crippen LogP contribution in [0.2, 0.25) is 0 Å². The van der Waals surface area contributed by atoms with E-state index in [-0.39, 0.29) is 11.4 Å². The SMILES string of the molecule is CC(C)NCCC(=O)NC(C)(C)c1ccc(Br)cc1. The van der Waals surface area contributed by atoms with Crippen LogP contribution >= 0.6 is 15.9 Å². The van der Waals surface area contributed by atoms with Gasteiger partial charge in [0.1, 0.15) is 0 Å². The smallest absolute Gasteiger partial charge is 0.221 e. The van der Waals surface area contributed by atoms with Gasteiger partial charge in [-0.3, -0.25) is 4.79 Å². The van der Waals surface area contributed by atoms with Crippen LogP contribution in [0.3, 0.4) is 0 Å². The summed E-state index contributed by atoms with van der Waals surface area (Å²) in [5.74, 6) is 0.0704. The lowest BCUT2D eigenvalue weighted by atomic mass is 9.94. The van der Waals surface area contributed by atoms with Crippen molar-refractivity contribution in [1.82, 2.24) is 10.6 Å². The van der Waals surface area contributed by atoms with E-state index in [1.165, 1.54) is 0 Å². The molecule has 1 aromatic rings. The summed E-state index contributed by atoms with van der Waals surface area (Å²) in [6.45, 7) is 8.89. The highest BCUT2D eigenvalue weighted by atomic mass is 79.9. The second kappa shape index (κ2) is 7.06.